The van der Waals surface area contributed by atoms with Crippen molar-refractivity contribution in [1.82, 2.24) is 10.2 Å². The Morgan fingerprint density at radius 2 is 2.00 bits per heavy atom. The van der Waals surface area contributed by atoms with Crippen molar-refractivity contribution in [2.45, 2.75) is 19.0 Å². The third-order valence-electron chi connectivity index (χ3n) is 5.52. The number of non-ortho nitro benzene ring substituents is 1. The lowest BCUT2D eigenvalue weighted by Gasteiger charge is -2.30. The van der Waals surface area contributed by atoms with Crippen molar-refractivity contribution in [3.8, 4) is 0 Å². The van der Waals surface area contributed by atoms with E-state index in [1.165, 1.54) is 17.0 Å². The number of benzene rings is 2. The Balaban J connectivity index is 1.80. The van der Waals surface area contributed by atoms with E-state index < -0.39 is 16.9 Å². The molecule has 0 unspecified atom stereocenters. The molecule has 3 heterocycles. The third-order valence-corrected chi connectivity index (χ3v) is 6.01. The zero-order valence-corrected chi connectivity index (χ0v) is 18.3. The van der Waals surface area contributed by atoms with Crippen LogP contribution in [-0.4, -0.2) is 21.8 Å². The molecule has 9 heteroatoms. The van der Waals surface area contributed by atoms with Gasteiger partial charge in [0.15, 0.2) is 5.43 Å². The minimum atomic E-state index is -0.880. The van der Waals surface area contributed by atoms with Crippen molar-refractivity contribution in [2.75, 3.05) is 0 Å². The largest absolute Gasteiger partial charge is 0.450 e. The summed E-state index contributed by atoms with van der Waals surface area (Å²) in [4.78, 5) is 39.4. The van der Waals surface area contributed by atoms with Crippen LogP contribution in [0.5, 0.6) is 0 Å². The molecule has 0 saturated carbocycles. The van der Waals surface area contributed by atoms with Gasteiger partial charge in [-0.1, -0.05) is 40.2 Å². The summed E-state index contributed by atoms with van der Waals surface area (Å²) in [7, 11) is 0. The van der Waals surface area contributed by atoms with Gasteiger partial charge in [0, 0.05) is 22.6 Å². The number of dihydropyridines is 1. The average Bonchev–Trinajstić information content (AvgIpc) is 3.07. The second-order valence-corrected chi connectivity index (χ2v) is 8.53. The van der Waals surface area contributed by atoms with Crippen LogP contribution in [-0.2, 0) is 0 Å². The minimum Gasteiger partial charge on any atom is -0.450 e. The fraction of sp³-hybridized carbons (Fsp3) is 0.130. The Morgan fingerprint density at radius 1 is 1.19 bits per heavy atom. The lowest BCUT2D eigenvalue weighted by atomic mass is 9.98. The molecule has 2 aliphatic heterocycles. The van der Waals surface area contributed by atoms with Crippen molar-refractivity contribution < 1.29 is 14.1 Å². The van der Waals surface area contributed by atoms with Gasteiger partial charge in [-0.2, -0.15) is 0 Å². The maximum Gasteiger partial charge on any atom is 0.296 e. The van der Waals surface area contributed by atoms with E-state index in [1.54, 1.807) is 36.4 Å². The Hall–Kier alpha value is -3.72. The molecule has 2 aromatic carbocycles. The van der Waals surface area contributed by atoms with Crippen LogP contribution in [0, 0.1) is 10.1 Å². The summed E-state index contributed by atoms with van der Waals surface area (Å²) in [5.74, 6) is -0.0662. The normalized spacial score (nSPS) is 19.6. The molecular weight excluding hydrogens is 478 g/mol. The highest BCUT2D eigenvalue weighted by Crippen LogP contribution is 2.41. The minimum absolute atomic E-state index is 0.0454. The number of carbonyl (C=O) groups excluding carboxylic acids is 1. The molecule has 0 radical (unpaired) electrons. The summed E-state index contributed by atoms with van der Waals surface area (Å²) in [5, 5.41) is 14.9. The van der Waals surface area contributed by atoms with E-state index in [1.807, 2.05) is 19.1 Å². The molecule has 3 aromatic rings. The highest BCUT2D eigenvalue weighted by molar-refractivity contribution is 9.10. The van der Waals surface area contributed by atoms with Crippen molar-refractivity contribution in [3.05, 3.63) is 108 Å². The van der Waals surface area contributed by atoms with Gasteiger partial charge in [-0.3, -0.25) is 24.6 Å². The van der Waals surface area contributed by atoms with Crippen molar-refractivity contribution in [3.63, 3.8) is 0 Å². The Bertz CT molecular complexity index is 1420. The summed E-state index contributed by atoms with van der Waals surface area (Å²) in [5.41, 5.74) is 0.415. The Kier molecular flexibility index (Phi) is 4.70. The Labute approximate surface area is 190 Å². The zero-order valence-electron chi connectivity index (χ0n) is 16.7. The fourth-order valence-corrected chi connectivity index (χ4v) is 4.47. The number of rotatable bonds is 3. The summed E-state index contributed by atoms with van der Waals surface area (Å²) >= 11 is 3.37. The molecule has 32 heavy (non-hydrogen) atoms. The van der Waals surface area contributed by atoms with Crippen LogP contribution in [0.2, 0.25) is 0 Å². The number of hydrogen-bond donors (Lipinski definition) is 1. The Morgan fingerprint density at radius 3 is 2.75 bits per heavy atom. The molecule has 0 saturated heterocycles. The number of nitro benzene ring substituents is 1. The SMILES string of the molecule is C[C@H]1C=CC=C(N2C(=O)c3oc4ccc(Br)cc4c(=O)c3[C@H]2c2cccc([N+](=O)[O-])c2)N1. The number of fused-ring (bicyclic) bond motifs is 2. The van der Waals surface area contributed by atoms with E-state index in [9.17, 15) is 19.7 Å². The molecule has 8 nitrogen and oxygen atoms in total. The number of carbonyl (C=O) groups is 1. The van der Waals surface area contributed by atoms with Crippen molar-refractivity contribution in [2.24, 2.45) is 0 Å². The number of halogens is 1. The van der Waals surface area contributed by atoms with Crippen molar-refractivity contribution in [1.29, 1.82) is 0 Å². The number of nitro groups is 1. The first-order valence-electron chi connectivity index (χ1n) is 9.84. The average molecular weight is 494 g/mol. The van der Waals surface area contributed by atoms with Crippen LogP contribution in [0.3, 0.4) is 0 Å². The monoisotopic (exact) mass is 493 g/mol. The number of hydrogen-bond acceptors (Lipinski definition) is 6. The summed E-state index contributed by atoms with van der Waals surface area (Å²) in [6.45, 7) is 1.93. The summed E-state index contributed by atoms with van der Waals surface area (Å²) < 4.78 is 6.61. The van der Waals surface area contributed by atoms with Gasteiger partial charge >= 0.3 is 0 Å². The predicted molar refractivity (Wildman–Crippen MR) is 121 cm³/mol. The van der Waals surface area contributed by atoms with Gasteiger partial charge < -0.3 is 9.73 Å². The molecule has 1 aromatic heterocycles. The van der Waals surface area contributed by atoms with Crippen LogP contribution in [0.15, 0.2) is 80.2 Å². The molecule has 1 amide bonds. The summed E-state index contributed by atoms with van der Waals surface area (Å²) in [6.07, 6.45) is 5.48. The quantitative estimate of drug-likeness (QED) is 0.428. The molecule has 0 aliphatic carbocycles. The highest BCUT2D eigenvalue weighted by atomic mass is 79.9. The highest BCUT2D eigenvalue weighted by Gasteiger charge is 2.45. The van der Waals surface area contributed by atoms with Crippen LogP contribution < -0.4 is 10.7 Å². The molecule has 0 fully saturated rings. The molecule has 2 aliphatic rings. The maximum absolute atomic E-state index is 13.6. The molecular formula is C23H16BrN3O5. The smallest absolute Gasteiger partial charge is 0.296 e. The maximum atomic E-state index is 13.6. The molecule has 1 N–H and O–H groups in total. The van der Waals surface area contributed by atoms with E-state index in [2.05, 4.69) is 21.2 Å². The lowest BCUT2D eigenvalue weighted by Crippen LogP contribution is -2.39. The van der Waals surface area contributed by atoms with Crippen molar-refractivity contribution >= 4 is 38.5 Å². The first kappa shape index (κ1) is 20.2. The van der Waals surface area contributed by atoms with E-state index in [0.29, 0.717) is 26.8 Å². The number of nitrogens with zero attached hydrogens (tertiary/aromatic N) is 2. The third kappa shape index (κ3) is 3.13. The van der Waals surface area contributed by atoms with E-state index in [0.717, 1.165) is 0 Å². The second kappa shape index (κ2) is 7.45. The number of allylic oxidation sites excluding steroid dienone is 2. The van der Waals surface area contributed by atoms with Gasteiger partial charge in [-0.25, -0.2) is 0 Å². The zero-order chi connectivity index (χ0) is 22.6. The first-order valence-corrected chi connectivity index (χ1v) is 10.6. The van der Waals surface area contributed by atoms with Gasteiger partial charge in [0.25, 0.3) is 11.6 Å². The molecule has 0 bridgehead atoms. The van der Waals surface area contributed by atoms with Gasteiger partial charge in [0.2, 0.25) is 5.76 Å². The van der Waals surface area contributed by atoms with Gasteiger partial charge in [-0.15, -0.1) is 0 Å². The fourth-order valence-electron chi connectivity index (χ4n) is 4.11. The van der Waals surface area contributed by atoms with E-state index >= 15 is 0 Å². The lowest BCUT2D eigenvalue weighted by molar-refractivity contribution is -0.384. The van der Waals surface area contributed by atoms with Crippen LogP contribution in [0.25, 0.3) is 11.0 Å². The topological polar surface area (TPSA) is 106 Å². The van der Waals surface area contributed by atoms with Crippen LogP contribution in [0.4, 0.5) is 5.69 Å². The summed E-state index contributed by atoms with van der Waals surface area (Å²) in [6, 6.07) is 10.0. The van der Waals surface area contributed by atoms with Crippen LogP contribution in [0.1, 0.15) is 34.6 Å². The first-order chi connectivity index (χ1) is 15.3. The number of amides is 1. The molecule has 0 spiro atoms. The number of nitrogens with one attached hydrogen (secondary N) is 1. The predicted octanol–water partition coefficient (Wildman–Crippen LogP) is 4.40. The van der Waals surface area contributed by atoms with E-state index in [4.69, 9.17) is 4.42 Å². The van der Waals surface area contributed by atoms with Crippen LogP contribution >= 0.6 is 15.9 Å². The van der Waals surface area contributed by atoms with E-state index in [-0.39, 0.29) is 28.5 Å². The van der Waals surface area contributed by atoms with Gasteiger partial charge in [-0.05, 0) is 36.8 Å². The second-order valence-electron chi connectivity index (χ2n) is 7.61. The van der Waals surface area contributed by atoms with Gasteiger partial charge in [0.05, 0.1) is 21.9 Å². The molecule has 2 atom stereocenters. The standard InChI is InChI=1S/C23H16BrN3O5/c1-12-4-2-7-18(25-12)26-20(13-5-3-6-15(10-13)27(30)31)19-21(28)16-11-14(24)8-9-17(16)32-22(19)23(26)29/h2-12,20,25H,1H3/t12-,20+/m0/s1. The van der Waals surface area contributed by atoms with Gasteiger partial charge in [0.1, 0.15) is 11.4 Å². The molecule has 160 valence electrons. The molecule has 5 rings (SSSR count).